The molecule has 0 bridgehead atoms. The minimum Gasteiger partial charge on any atom is -0.758 e. The second-order valence-corrected chi connectivity index (χ2v) is 6.15. The average Bonchev–Trinajstić information content (AvgIpc) is 2.53. The molecule has 1 N–H and O–H groups in total. The molecule has 0 unspecified atom stereocenters. The maximum atomic E-state index is 12.2. The van der Waals surface area contributed by atoms with Gasteiger partial charge in [0.05, 0.1) is 18.7 Å². The molecule has 0 aliphatic heterocycles. The second kappa shape index (κ2) is 7.24. The molecule has 1 aliphatic carbocycles. The van der Waals surface area contributed by atoms with E-state index in [2.05, 4.69) is 16.7 Å². The zero-order valence-corrected chi connectivity index (χ0v) is 13.5. The van der Waals surface area contributed by atoms with Crippen molar-refractivity contribution in [2.24, 2.45) is 0 Å². The average molecular weight is 310 g/mol. The van der Waals surface area contributed by atoms with Crippen LogP contribution in [0.5, 0.6) is 0 Å². The SMILES string of the molecule is CC(C)(C)N([O-])/C=C1\[C]C(C(=O)NCc2ccccn2)=CC=C1. The van der Waals surface area contributed by atoms with Crippen LogP contribution in [0.2, 0.25) is 0 Å². The quantitative estimate of drug-likeness (QED) is 0.868. The number of nitrogens with zero attached hydrogens (tertiary/aromatic N) is 2. The highest BCUT2D eigenvalue weighted by molar-refractivity contribution is 5.97. The molecule has 0 saturated heterocycles. The molecule has 5 heteroatoms. The predicted molar refractivity (Wildman–Crippen MR) is 89.6 cm³/mol. The van der Waals surface area contributed by atoms with Gasteiger partial charge in [0.25, 0.3) is 0 Å². The fraction of sp³-hybridized carbons (Fsp3) is 0.278. The van der Waals surface area contributed by atoms with Crippen LogP contribution in [-0.2, 0) is 11.3 Å². The molecule has 1 heterocycles. The summed E-state index contributed by atoms with van der Waals surface area (Å²) >= 11 is 0. The first kappa shape index (κ1) is 17.0. The summed E-state index contributed by atoms with van der Waals surface area (Å²) in [5, 5.41) is 15.6. The lowest BCUT2D eigenvalue weighted by Gasteiger charge is -2.41. The van der Waals surface area contributed by atoms with Crippen molar-refractivity contribution in [3.63, 3.8) is 0 Å². The molecule has 2 radical (unpaired) electrons. The standard InChI is InChI=1S/C18H20N3O2/c1-18(2,3)21(23)13-14-7-6-8-15(11-14)17(22)20-12-16-9-4-5-10-19-16/h4-10,13H,12H2,1-3H3,(H,20,22)/q-1/b14-13-. The third-order valence-corrected chi connectivity index (χ3v) is 3.14. The van der Waals surface area contributed by atoms with Crippen LogP contribution in [0.25, 0.3) is 0 Å². The number of carbonyl (C=O) groups excluding carboxylic acids is 1. The molecule has 2 rings (SSSR count). The van der Waals surface area contributed by atoms with Gasteiger partial charge in [0.15, 0.2) is 0 Å². The van der Waals surface area contributed by atoms with E-state index in [0.29, 0.717) is 17.7 Å². The van der Waals surface area contributed by atoms with E-state index >= 15 is 0 Å². The van der Waals surface area contributed by atoms with E-state index in [1.165, 1.54) is 6.20 Å². The van der Waals surface area contributed by atoms with Crippen LogP contribution >= 0.6 is 0 Å². The van der Waals surface area contributed by atoms with Gasteiger partial charge in [0.2, 0.25) is 5.91 Å². The molecular weight excluding hydrogens is 290 g/mol. The summed E-state index contributed by atoms with van der Waals surface area (Å²) in [4.78, 5) is 16.3. The van der Waals surface area contributed by atoms with Gasteiger partial charge in [-0.1, -0.05) is 24.3 Å². The molecule has 0 fully saturated rings. The number of hydrogen-bond donors (Lipinski definition) is 1. The van der Waals surface area contributed by atoms with E-state index in [9.17, 15) is 10.0 Å². The number of nitrogens with one attached hydrogen (secondary N) is 1. The molecule has 23 heavy (non-hydrogen) atoms. The first-order valence-electron chi connectivity index (χ1n) is 7.38. The minimum atomic E-state index is -0.537. The third-order valence-electron chi connectivity index (χ3n) is 3.14. The molecule has 1 aromatic rings. The van der Waals surface area contributed by atoms with Crippen molar-refractivity contribution in [3.05, 3.63) is 77.3 Å². The molecule has 5 nitrogen and oxygen atoms in total. The van der Waals surface area contributed by atoms with Gasteiger partial charge in [-0.05, 0) is 44.7 Å². The monoisotopic (exact) mass is 310 g/mol. The molecule has 1 aliphatic rings. The Morgan fingerprint density at radius 2 is 2.22 bits per heavy atom. The molecule has 1 aromatic heterocycles. The van der Waals surface area contributed by atoms with Crippen LogP contribution in [0.4, 0.5) is 0 Å². The van der Waals surface area contributed by atoms with Gasteiger partial charge in [-0.2, -0.15) is 0 Å². The fourth-order valence-corrected chi connectivity index (χ4v) is 1.78. The lowest BCUT2D eigenvalue weighted by Crippen LogP contribution is -2.32. The van der Waals surface area contributed by atoms with Crippen molar-refractivity contribution in [2.45, 2.75) is 32.9 Å². The zero-order valence-electron chi connectivity index (χ0n) is 13.5. The number of aromatic nitrogens is 1. The van der Waals surface area contributed by atoms with Gasteiger partial charge >= 0.3 is 0 Å². The maximum Gasteiger partial charge on any atom is 0.248 e. The Morgan fingerprint density at radius 1 is 1.43 bits per heavy atom. The molecule has 0 spiro atoms. The van der Waals surface area contributed by atoms with Gasteiger partial charge in [0, 0.05) is 17.3 Å². The third kappa shape index (κ3) is 5.07. The van der Waals surface area contributed by atoms with Crippen LogP contribution in [0, 0.1) is 11.6 Å². The van der Waals surface area contributed by atoms with Crippen molar-refractivity contribution in [2.75, 3.05) is 0 Å². The molecule has 0 aromatic carbocycles. The summed E-state index contributed by atoms with van der Waals surface area (Å²) in [6.45, 7) is 5.80. The molecule has 120 valence electrons. The Kier molecular flexibility index (Phi) is 5.34. The number of carbonyl (C=O) groups is 1. The number of pyridine rings is 1. The van der Waals surface area contributed by atoms with Gasteiger partial charge in [0.1, 0.15) is 0 Å². The topological polar surface area (TPSA) is 68.3 Å². The second-order valence-electron chi connectivity index (χ2n) is 6.15. The summed E-state index contributed by atoms with van der Waals surface area (Å²) < 4.78 is 0. The smallest absolute Gasteiger partial charge is 0.248 e. The normalized spacial score (nSPS) is 16.2. The van der Waals surface area contributed by atoms with Crippen LogP contribution in [-0.4, -0.2) is 21.5 Å². The molecule has 1 amide bonds. The number of hydrogen-bond acceptors (Lipinski definition) is 4. The number of allylic oxidation sites excluding steroid dienone is 4. The Morgan fingerprint density at radius 3 is 2.87 bits per heavy atom. The van der Waals surface area contributed by atoms with Gasteiger partial charge in [-0.3, -0.25) is 9.78 Å². The van der Waals surface area contributed by atoms with Crippen molar-refractivity contribution < 1.29 is 4.79 Å². The van der Waals surface area contributed by atoms with Crippen LogP contribution < -0.4 is 5.32 Å². The Hall–Kier alpha value is -2.40. The van der Waals surface area contributed by atoms with Crippen LogP contribution in [0.1, 0.15) is 26.5 Å². The van der Waals surface area contributed by atoms with E-state index < -0.39 is 5.54 Å². The van der Waals surface area contributed by atoms with Crippen molar-refractivity contribution >= 4 is 5.91 Å². The summed E-state index contributed by atoms with van der Waals surface area (Å²) in [6, 6.07) is 5.53. The molecule has 0 atom stereocenters. The first-order chi connectivity index (χ1) is 10.9. The number of rotatable bonds is 4. The molecular formula is C18H20N3O2-. The van der Waals surface area contributed by atoms with E-state index in [4.69, 9.17) is 0 Å². The van der Waals surface area contributed by atoms with E-state index in [-0.39, 0.29) is 5.91 Å². The van der Waals surface area contributed by atoms with E-state index in [1.807, 2.05) is 39.0 Å². The lowest BCUT2D eigenvalue weighted by molar-refractivity contribution is -0.117. The van der Waals surface area contributed by atoms with Gasteiger partial charge in [-0.25, -0.2) is 0 Å². The Balaban J connectivity index is 1.96. The predicted octanol–water partition coefficient (Wildman–Crippen LogP) is 2.76. The number of hydroxylamine groups is 2. The summed E-state index contributed by atoms with van der Waals surface area (Å²) in [7, 11) is 0. The van der Waals surface area contributed by atoms with Crippen LogP contribution in [0.15, 0.2) is 60.0 Å². The molecule has 0 saturated carbocycles. The lowest BCUT2D eigenvalue weighted by atomic mass is 9.99. The van der Waals surface area contributed by atoms with Crippen molar-refractivity contribution in [1.82, 2.24) is 15.4 Å². The largest absolute Gasteiger partial charge is 0.758 e. The van der Waals surface area contributed by atoms with Crippen molar-refractivity contribution in [3.8, 4) is 0 Å². The number of amides is 1. The van der Waals surface area contributed by atoms with Crippen LogP contribution in [0.3, 0.4) is 0 Å². The van der Waals surface area contributed by atoms with E-state index in [0.717, 1.165) is 10.8 Å². The highest BCUT2D eigenvalue weighted by atomic mass is 16.5. The summed E-state index contributed by atoms with van der Waals surface area (Å²) in [5.74, 6) is -0.251. The highest BCUT2D eigenvalue weighted by Crippen LogP contribution is 2.20. The zero-order chi connectivity index (χ0) is 16.9. The fourth-order valence-electron chi connectivity index (χ4n) is 1.78. The van der Waals surface area contributed by atoms with Crippen molar-refractivity contribution in [1.29, 1.82) is 0 Å². The Labute approximate surface area is 137 Å². The Bertz CT molecular complexity index is 640. The highest BCUT2D eigenvalue weighted by Gasteiger charge is 2.16. The van der Waals surface area contributed by atoms with Gasteiger partial charge < -0.3 is 15.6 Å². The van der Waals surface area contributed by atoms with E-state index in [1.54, 1.807) is 24.4 Å². The van der Waals surface area contributed by atoms with Gasteiger partial charge in [-0.15, -0.1) is 0 Å². The minimum absolute atomic E-state index is 0.251. The maximum absolute atomic E-state index is 12.2. The summed E-state index contributed by atoms with van der Waals surface area (Å²) in [5.41, 5.74) is 1.20. The first-order valence-corrected chi connectivity index (χ1v) is 7.38. The summed E-state index contributed by atoms with van der Waals surface area (Å²) in [6.07, 6.45) is 11.2.